The number of anilines is 1. The number of alkyl halides is 3. The van der Waals surface area contributed by atoms with Crippen molar-refractivity contribution >= 4 is 33.2 Å². The summed E-state index contributed by atoms with van der Waals surface area (Å²) >= 11 is 1.07. The average molecular weight is 511 g/mol. The van der Waals surface area contributed by atoms with Crippen LogP contribution in [-0.2, 0) is 20.8 Å². The molecule has 0 spiro atoms. The van der Waals surface area contributed by atoms with Crippen molar-refractivity contribution in [3.8, 4) is 16.9 Å². The Balaban J connectivity index is 1.87. The maximum Gasteiger partial charge on any atom is 0.416 e. The quantitative estimate of drug-likeness (QED) is 0.414. The van der Waals surface area contributed by atoms with E-state index in [-0.39, 0.29) is 11.7 Å². The van der Waals surface area contributed by atoms with Crippen LogP contribution >= 0.6 is 11.8 Å². The summed E-state index contributed by atoms with van der Waals surface area (Å²) in [7, 11) is -2.46. The van der Waals surface area contributed by atoms with Crippen LogP contribution in [0, 0.1) is 0 Å². The smallest absolute Gasteiger partial charge is 0.416 e. The highest BCUT2D eigenvalue weighted by Crippen LogP contribution is 2.39. The summed E-state index contributed by atoms with van der Waals surface area (Å²) in [6.45, 7) is 1.34. The number of nitrogens with zero attached hydrogens (tertiary/aromatic N) is 1. The molecule has 0 atom stereocenters. The zero-order chi connectivity index (χ0) is 24.9. The standard InChI is InChI=1S/C23H21F3N2O4S2/c1-15(29)28-21-19(18-8-3-4-9-20(18)32-2)10-11-27-22(21)33-12-13-34(30,31)17-7-5-6-16(14-17)23(24,25)26/h3-11,14H,12-13H2,1-2H3,(H,28,29). The summed E-state index contributed by atoms with van der Waals surface area (Å²) in [5.74, 6) is -0.182. The second-order valence-corrected chi connectivity index (χ2v) is 10.3. The molecule has 1 N–H and O–H groups in total. The summed E-state index contributed by atoms with van der Waals surface area (Å²) < 4.78 is 69.6. The first kappa shape index (κ1) is 25.6. The Kier molecular flexibility index (Phi) is 7.88. The molecule has 34 heavy (non-hydrogen) atoms. The van der Waals surface area contributed by atoms with Crippen LogP contribution < -0.4 is 10.1 Å². The number of pyridine rings is 1. The molecule has 0 fully saturated rings. The molecule has 0 bridgehead atoms. The highest BCUT2D eigenvalue weighted by molar-refractivity contribution is 8.00. The topological polar surface area (TPSA) is 85.4 Å². The number of halogens is 3. The van der Waals surface area contributed by atoms with Gasteiger partial charge >= 0.3 is 6.18 Å². The lowest BCUT2D eigenvalue weighted by Gasteiger charge is -2.16. The third-order valence-corrected chi connectivity index (χ3v) is 7.69. The Morgan fingerprint density at radius 3 is 2.50 bits per heavy atom. The molecule has 1 aromatic heterocycles. The van der Waals surface area contributed by atoms with Crippen LogP contribution in [-0.4, -0.2) is 37.9 Å². The molecule has 0 aliphatic heterocycles. The van der Waals surface area contributed by atoms with Gasteiger partial charge in [0.05, 0.1) is 29.0 Å². The van der Waals surface area contributed by atoms with Gasteiger partial charge in [-0.1, -0.05) is 24.3 Å². The molecule has 6 nitrogen and oxygen atoms in total. The Labute approximate surface area is 199 Å². The molecule has 3 aromatic rings. The number of aromatic nitrogens is 1. The van der Waals surface area contributed by atoms with Gasteiger partial charge in [0.15, 0.2) is 9.84 Å². The number of rotatable bonds is 8. The molecule has 0 saturated heterocycles. The van der Waals surface area contributed by atoms with Gasteiger partial charge in [-0.25, -0.2) is 13.4 Å². The average Bonchev–Trinajstić information content (AvgIpc) is 2.79. The van der Waals surface area contributed by atoms with Crippen LogP contribution in [0.2, 0.25) is 0 Å². The van der Waals surface area contributed by atoms with E-state index in [9.17, 15) is 26.4 Å². The van der Waals surface area contributed by atoms with Crippen LogP contribution in [0.4, 0.5) is 18.9 Å². The third kappa shape index (κ3) is 6.09. The van der Waals surface area contributed by atoms with Crippen molar-refractivity contribution in [2.45, 2.75) is 23.0 Å². The first-order chi connectivity index (χ1) is 16.0. The molecule has 1 amide bonds. The van der Waals surface area contributed by atoms with E-state index in [1.807, 2.05) is 12.1 Å². The van der Waals surface area contributed by atoms with E-state index in [0.29, 0.717) is 33.7 Å². The van der Waals surface area contributed by atoms with Crippen LogP contribution in [0.5, 0.6) is 5.75 Å². The van der Waals surface area contributed by atoms with Gasteiger partial charge in [-0.05, 0) is 30.3 Å². The van der Waals surface area contributed by atoms with Crippen molar-refractivity contribution in [3.05, 3.63) is 66.4 Å². The van der Waals surface area contributed by atoms with Gasteiger partial charge in [0.1, 0.15) is 10.8 Å². The van der Waals surface area contributed by atoms with Crippen molar-refractivity contribution in [3.63, 3.8) is 0 Å². The molecule has 0 unspecified atom stereocenters. The van der Waals surface area contributed by atoms with Gasteiger partial charge in [-0.15, -0.1) is 11.8 Å². The van der Waals surface area contributed by atoms with Crippen molar-refractivity contribution in [2.24, 2.45) is 0 Å². The predicted octanol–water partition coefficient (Wildman–Crippen LogP) is 5.30. The van der Waals surface area contributed by atoms with Crippen molar-refractivity contribution < 1.29 is 31.1 Å². The number of carbonyl (C=O) groups excluding carboxylic acids is 1. The molecule has 3 rings (SSSR count). The molecular formula is C23H21F3N2O4S2. The first-order valence-corrected chi connectivity index (χ1v) is 12.6. The molecule has 0 aliphatic rings. The first-order valence-electron chi connectivity index (χ1n) is 9.95. The van der Waals surface area contributed by atoms with E-state index >= 15 is 0 Å². The number of nitrogens with one attached hydrogen (secondary N) is 1. The summed E-state index contributed by atoms with van der Waals surface area (Å²) in [6.07, 6.45) is -3.12. The van der Waals surface area contributed by atoms with Crippen LogP contribution in [0.1, 0.15) is 12.5 Å². The Morgan fingerprint density at radius 2 is 1.82 bits per heavy atom. The second-order valence-electron chi connectivity index (χ2n) is 7.11. The fourth-order valence-corrected chi connectivity index (χ4v) is 5.85. The number of thioether (sulfide) groups is 1. The fourth-order valence-electron chi connectivity index (χ4n) is 3.17. The molecule has 180 valence electrons. The summed E-state index contributed by atoms with van der Waals surface area (Å²) in [6, 6.07) is 12.5. The lowest BCUT2D eigenvalue weighted by atomic mass is 10.0. The van der Waals surface area contributed by atoms with Gasteiger partial charge in [0, 0.05) is 30.0 Å². The van der Waals surface area contributed by atoms with Crippen LogP contribution in [0.15, 0.2) is 70.7 Å². The largest absolute Gasteiger partial charge is 0.496 e. The van der Waals surface area contributed by atoms with E-state index in [2.05, 4.69) is 10.3 Å². The van der Waals surface area contributed by atoms with Crippen LogP contribution in [0.25, 0.3) is 11.1 Å². The van der Waals surface area contributed by atoms with E-state index in [1.165, 1.54) is 20.2 Å². The number of amides is 1. The Morgan fingerprint density at radius 1 is 1.09 bits per heavy atom. The number of benzene rings is 2. The Hall–Kier alpha value is -3.05. The molecule has 0 saturated carbocycles. The molecule has 0 aliphatic carbocycles. The number of sulfone groups is 1. The molecule has 0 radical (unpaired) electrons. The van der Waals surface area contributed by atoms with Gasteiger partial charge in [0.2, 0.25) is 5.91 Å². The second kappa shape index (κ2) is 10.5. The minimum Gasteiger partial charge on any atom is -0.496 e. The molecular weight excluding hydrogens is 489 g/mol. The summed E-state index contributed by atoms with van der Waals surface area (Å²) in [4.78, 5) is 15.7. The van der Waals surface area contributed by atoms with Crippen molar-refractivity contribution in [2.75, 3.05) is 23.9 Å². The fraction of sp³-hybridized carbons (Fsp3) is 0.217. The molecule has 11 heteroatoms. The minimum atomic E-state index is -4.64. The van der Waals surface area contributed by atoms with Gasteiger partial charge in [0.25, 0.3) is 0 Å². The Bertz CT molecular complexity index is 1300. The zero-order valence-electron chi connectivity index (χ0n) is 18.2. The highest BCUT2D eigenvalue weighted by atomic mass is 32.2. The van der Waals surface area contributed by atoms with E-state index < -0.39 is 32.2 Å². The number of carbonyl (C=O) groups is 1. The lowest BCUT2D eigenvalue weighted by molar-refractivity contribution is -0.137. The number of methoxy groups -OCH3 is 1. The molecule has 2 aromatic carbocycles. The van der Waals surface area contributed by atoms with E-state index in [4.69, 9.17) is 4.74 Å². The summed E-state index contributed by atoms with van der Waals surface area (Å²) in [5, 5.41) is 3.12. The maximum absolute atomic E-state index is 13.0. The zero-order valence-corrected chi connectivity index (χ0v) is 19.9. The molecule has 1 heterocycles. The van der Waals surface area contributed by atoms with E-state index in [0.717, 1.165) is 30.0 Å². The number of ether oxygens (including phenoxy) is 1. The summed E-state index contributed by atoms with van der Waals surface area (Å²) in [5.41, 5.74) is 0.696. The number of hydrogen-bond acceptors (Lipinski definition) is 6. The number of hydrogen-bond donors (Lipinski definition) is 1. The van der Waals surface area contributed by atoms with Gasteiger partial charge in [-0.2, -0.15) is 13.2 Å². The van der Waals surface area contributed by atoms with Crippen molar-refractivity contribution in [1.82, 2.24) is 4.98 Å². The van der Waals surface area contributed by atoms with Gasteiger partial charge in [-0.3, -0.25) is 4.79 Å². The predicted molar refractivity (Wildman–Crippen MR) is 125 cm³/mol. The lowest BCUT2D eigenvalue weighted by Crippen LogP contribution is -2.12. The third-order valence-electron chi connectivity index (χ3n) is 4.73. The van der Waals surface area contributed by atoms with Crippen molar-refractivity contribution in [1.29, 1.82) is 0 Å². The maximum atomic E-state index is 13.0. The highest BCUT2D eigenvalue weighted by Gasteiger charge is 2.31. The number of para-hydroxylation sites is 1. The van der Waals surface area contributed by atoms with E-state index in [1.54, 1.807) is 18.2 Å². The van der Waals surface area contributed by atoms with Crippen LogP contribution in [0.3, 0.4) is 0 Å². The van der Waals surface area contributed by atoms with Gasteiger partial charge < -0.3 is 10.1 Å². The minimum absolute atomic E-state index is 0.00748. The SMILES string of the molecule is COc1ccccc1-c1ccnc(SCCS(=O)(=O)c2cccc(C(F)(F)F)c2)c1NC(C)=O. The monoisotopic (exact) mass is 510 g/mol. The normalized spacial score (nSPS) is 11.8.